The highest BCUT2D eigenvalue weighted by Crippen LogP contribution is 2.32. The van der Waals surface area contributed by atoms with Crippen LogP contribution in [0.4, 0.5) is 33.7 Å². The molecule has 0 saturated carbocycles. The van der Waals surface area contributed by atoms with Crippen molar-refractivity contribution in [2.24, 2.45) is 0 Å². The van der Waals surface area contributed by atoms with Crippen LogP contribution in [0.15, 0.2) is 24.4 Å². The molecule has 3 rings (SSSR count). The van der Waals surface area contributed by atoms with E-state index >= 15 is 0 Å². The zero-order valence-corrected chi connectivity index (χ0v) is 15.1. The van der Waals surface area contributed by atoms with Crippen LogP contribution in [0.1, 0.15) is 6.42 Å². The highest BCUT2D eigenvalue weighted by Gasteiger charge is 2.34. The summed E-state index contributed by atoms with van der Waals surface area (Å²) in [6, 6.07) is 1.95. The number of cyclic esters (lactones) is 1. The molecule has 150 valence electrons. The van der Waals surface area contributed by atoms with Crippen molar-refractivity contribution in [1.82, 2.24) is 5.32 Å². The maximum absolute atomic E-state index is 14.5. The van der Waals surface area contributed by atoms with Gasteiger partial charge in [-0.25, -0.2) is 22.4 Å². The lowest BCUT2D eigenvalue weighted by atomic mass is 10.1. The Balaban J connectivity index is 1.73. The molecule has 1 saturated heterocycles. The fourth-order valence-electron chi connectivity index (χ4n) is 2.86. The standard InChI is InChI=1S/C17H15F4N3O3S/c18-12-5-9(6-13(19)14(12)23-3-1-10(25)2-4-23)24-8-11(27-17(24)26)7-22-16(28)15(20)21/h1,3,5-6,11,15H,2,4,7-8H2,(H,22,28). The van der Waals surface area contributed by atoms with Crippen LogP contribution in [0.2, 0.25) is 0 Å². The number of allylic oxidation sites excluding steroid dienone is 1. The molecular formula is C17H15F4N3O3S. The number of carbonyl (C=O) groups is 2. The first kappa shape index (κ1) is 20.1. The molecule has 1 aromatic carbocycles. The van der Waals surface area contributed by atoms with E-state index in [1.807, 2.05) is 0 Å². The second-order valence-corrected chi connectivity index (χ2v) is 6.59. The van der Waals surface area contributed by atoms with Gasteiger partial charge in [-0.2, -0.15) is 0 Å². The van der Waals surface area contributed by atoms with Crippen LogP contribution in [0, 0.1) is 11.6 Å². The lowest BCUT2D eigenvalue weighted by Crippen LogP contribution is -2.36. The number of rotatable bonds is 5. The number of thiocarbonyl (C=S) groups is 1. The van der Waals surface area contributed by atoms with Gasteiger partial charge in [-0.1, -0.05) is 12.2 Å². The number of hydrogen-bond donors (Lipinski definition) is 1. The van der Waals surface area contributed by atoms with Gasteiger partial charge in [0.2, 0.25) is 0 Å². The van der Waals surface area contributed by atoms with Gasteiger partial charge in [-0.3, -0.25) is 9.69 Å². The van der Waals surface area contributed by atoms with E-state index in [9.17, 15) is 27.2 Å². The van der Waals surface area contributed by atoms with Crippen LogP contribution in [0.25, 0.3) is 0 Å². The summed E-state index contributed by atoms with van der Waals surface area (Å²) < 4.78 is 58.8. The Morgan fingerprint density at radius 2 is 1.96 bits per heavy atom. The molecule has 1 atom stereocenters. The Hall–Kier alpha value is -2.69. The number of ketones is 1. The summed E-state index contributed by atoms with van der Waals surface area (Å²) in [5.41, 5.74) is -0.402. The van der Waals surface area contributed by atoms with E-state index in [1.165, 1.54) is 17.2 Å². The average Bonchev–Trinajstić information content (AvgIpc) is 3.01. The minimum Gasteiger partial charge on any atom is -0.442 e. The van der Waals surface area contributed by atoms with Crippen LogP contribution >= 0.6 is 12.2 Å². The van der Waals surface area contributed by atoms with Crippen molar-refractivity contribution in [2.45, 2.75) is 19.0 Å². The molecule has 1 fully saturated rings. The van der Waals surface area contributed by atoms with E-state index in [1.54, 1.807) is 0 Å². The maximum atomic E-state index is 14.5. The summed E-state index contributed by atoms with van der Waals surface area (Å²) in [6.45, 7) is -0.110. The summed E-state index contributed by atoms with van der Waals surface area (Å²) in [5, 5.41) is 2.28. The number of halogens is 4. The number of carbonyl (C=O) groups excluding carboxylic acids is 2. The predicted octanol–water partition coefficient (Wildman–Crippen LogP) is 2.77. The molecule has 0 bridgehead atoms. The molecule has 2 aliphatic rings. The number of benzene rings is 1. The van der Waals surface area contributed by atoms with Crippen LogP contribution in [0.5, 0.6) is 0 Å². The Labute approximate surface area is 162 Å². The second kappa shape index (κ2) is 8.13. The lowest BCUT2D eigenvalue weighted by molar-refractivity contribution is -0.114. The Kier molecular flexibility index (Phi) is 5.82. The molecule has 6 nitrogen and oxygen atoms in total. The average molecular weight is 417 g/mol. The van der Waals surface area contributed by atoms with E-state index < -0.39 is 35.2 Å². The van der Waals surface area contributed by atoms with Crippen LogP contribution in [-0.2, 0) is 9.53 Å². The zero-order chi connectivity index (χ0) is 20.4. The molecule has 0 aliphatic carbocycles. The molecule has 1 aromatic rings. The first-order valence-corrected chi connectivity index (χ1v) is 8.68. The van der Waals surface area contributed by atoms with Crippen LogP contribution in [0.3, 0.4) is 0 Å². The zero-order valence-electron chi connectivity index (χ0n) is 14.3. The van der Waals surface area contributed by atoms with Gasteiger partial charge in [-0.05, 0) is 6.08 Å². The topological polar surface area (TPSA) is 61.9 Å². The molecule has 2 heterocycles. The predicted molar refractivity (Wildman–Crippen MR) is 96.7 cm³/mol. The van der Waals surface area contributed by atoms with Crippen molar-refractivity contribution in [3.8, 4) is 0 Å². The van der Waals surface area contributed by atoms with Crippen LogP contribution in [-0.4, -0.2) is 49.0 Å². The third kappa shape index (κ3) is 4.24. The van der Waals surface area contributed by atoms with E-state index in [0.29, 0.717) is 0 Å². The van der Waals surface area contributed by atoms with E-state index in [4.69, 9.17) is 4.74 Å². The SMILES string of the molecule is O=C1C=CN(c2c(F)cc(N3CC(CNC(=S)C(F)F)OC3=O)cc2F)CC1. The summed E-state index contributed by atoms with van der Waals surface area (Å²) in [5.74, 6) is -1.97. The molecule has 11 heteroatoms. The molecule has 1 amide bonds. The first-order chi connectivity index (χ1) is 13.3. The summed E-state index contributed by atoms with van der Waals surface area (Å²) in [7, 11) is 0. The first-order valence-electron chi connectivity index (χ1n) is 8.27. The fraction of sp³-hybridized carbons (Fsp3) is 0.353. The molecule has 1 N–H and O–H groups in total. The summed E-state index contributed by atoms with van der Waals surface area (Å²) in [4.78, 5) is 24.8. The van der Waals surface area contributed by atoms with Crippen molar-refractivity contribution in [2.75, 3.05) is 29.4 Å². The minimum atomic E-state index is -2.84. The third-order valence-corrected chi connectivity index (χ3v) is 4.54. The van der Waals surface area contributed by atoms with Gasteiger partial charge in [0.1, 0.15) is 16.8 Å². The van der Waals surface area contributed by atoms with Crippen molar-refractivity contribution in [3.05, 3.63) is 36.0 Å². The van der Waals surface area contributed by atoms with E-state index in [-0.39, 0.29) is 43.2 Å². The number of hydrogen-bond acceptors (Lipinski definition) is 5. The number of alkyl halides is 2. The Morgan fingerprint density at radius 1 is 1.29 bits per heavy atom. The molecule has 0 spiro atoms. The number of amides is 1. The van der Waals surface area contributed by atoms with Gasteiger partial charge in [0.25, 0.3) is 6.43 Å². The molecule has 0 radical (unpaired) electrons. The lowest BCUT2D eigenvalue weighted by Gasteiger charge is -2.25. The van der Waals surface area contributed by atoms with Gasteiger partial charge in [0.15, 0.2) is 17.4 Å². The Bertz CT molecular complexity index is 826. The molecule has 28 heavy (non-hydrogen) atoms. The number of nitrogens with zero attached hydrogens (tertiary/aromatic N) is 2. The fourth-order valence-corrected chi connectivity index (χ4v) is 2.94. The Morgan fingerprint density at radius 3 is 2.54 bits per heavy atom. The summed E-state index contributed by atoms with van der Waals surface area (Å²) in [6.07, 6.45) is -1.85. The summed E-state index contributed by atoms with van der Waals surface area (Å²) >= 11 is 4.44. The maximum Gasteiger partial charge on any atom is 0.414 e. The smallest absolute Gasteiger partial charge is 0.414 e. The molecular weight excluding hydrogens is 402 g/mol. The molecule has 0 aromatic heterocycles. The highest BCUT2D eigenvalue weighted by atomic mass is 32.1. The van der Waals surface area contributed by atoms with Gasteiger partial charge in [-0.15, -0.1) is 0 Å². The van der Waals surface area contributed by atoms with Gasteiger partial charge in [0.05, 0.1) is 18.8 Å². The number of nitrogens with one attached hydrogen (secondary N) is 1. The minimum absolute atomic E-state index is 0.0697. The third-order valence-electron chi connectivity index (χ3n) is 4.22. The molecule has 2 aliphatic heterocycles. The van der Waals surface area contributed by atoms with Crippen molar-refractivity contribution >= 4 is 40.5 Å². The van der Waals surface area contributed by atoms with E-state index in [0.717, 1.165) is 17.0 Å². The van der Waals surface area contributed by atoms with Gasteiger partial charge in [0, 0.05) is 31.3 Å². The number of ether oxygens (including phenoxy) is 1. The van der Waals surface area contributed by atoms with Crippen LogP contribution < -0.4 is 15.1 Å². The largest absolute Gasteiger partial charge is 0.442 e. The van der Waals surface area contributed by atoms with E-state index in [2.05, 4.69) is 17.5 Å². The van der Waals surface area contributed by atoms with Gasteiger partial charge < -0.3 is 15.0 Å². The monoisotopic (exact) mass is 417 g/mol. The second-order valence-electron chi connectivity index (χ2n) is 6.15. The number of anilines is 2. The van der Waals surface area contributed by atoms with Crippen molar-refractivity contribution < 1.29 is 31.9 Å². The molecule has 1 unspecified atom stereocenters. The quantitative estimate of drug-likeness (QED) is 0.587. The van der Waals surface area contributed by atoms with Crippen molar-refractivity contribution in [3.63, 3.8) is 0 Å². The van der Waals surface area contributed by atoms with Crippen molar-refractivity contribution in [1.29, 1.82) is 0 Å². The highest BCUT2D eigenvalue weighted by molar-refractivity contribution is 7.80. The normalized spacial score (nSPS) is 19.4. The van der Waals surface area contributed by atoms with Gasteiger partial charge >= 0.3 is 6.09 Å².